The van der Waals surface area contributed by atoms with Gasteiger partial charge in [0.05, 0.1) is 43.1 Å². The second-order valence-corrected chi connectivity index (χ2v) is 23.7. The molecule has 2 aliphatic rings. The number of ether oxygens (including phenoxy) is 3. The Balaban J connectivity index is 0.963. The summed E-state index contributed by atoms with van der Waals surface area (Å²) < 4.78 is 19.5. The van der Waals surface area contributed by atoms with Crippen LogP contribution in [0.5, 0.6) is 11.5 Å². The number of carbonyl (C=O) groups is 8. The lowest BCUT2D eigenvalue weighted by molar-refractivity contribution is -0.141. The molecule has 1 fully saturated rings. The number of imide groups is 1. The second kappa shape index (κ2) is 27.2. The van der Waals surface area contributed by atoms with Crippen LogP contribution in [0.25, 0.3) is 16.4 Å². The predicted molar refractivity (Wildman–Crippen MR) is 326 cm³/mol. The molecule has 86 heavy (non-hydrogen) atoms. The summed E-state index contributed by atoms with van der Waals surface area (Å²) in [5, 5.41) is 19.4. The average Bonchev–Trinajstić information content (AvgIpc) is 1.55. The van der Waals surface area contributed by atoms with Crippen LogP contribution in [0.2, 0.25) is 0 Å². The maximum atomic E-state index is 14.7. The number of benzene rings is 4. The number of nitrogens with zero attached hydrogens (tertiary/aromatic N) is 7. The van der Waals surface area contributed by atoms with Crippen LogP contribution in [-0.2, 0) is 35.3 Å². The van der Waals surface area contributed by atoms with Crippen molar-refractivity contribution in [2.45, 2.75) is 79.5 Å². The van der Waals surface area contributed by atoms with E-state index >= 15 is 0 Å². The van der Waals surface area contributed by atoms with Gasteiger partial charge in [-0.15, -0.1) is 11.6 Å². The number of pyridine rings is 1. The number of aromatic hydroxyl groups is 1. The SMILES string of the molecule is Cc1cccc2c(OC(=O)N(CCOCCN3C(=O)CC(C(C)(C)C)C3=O)CCN(C)C(=O)OCc3ccc(NC(=O)[C@H](C)NC(=O)[C@H](C(C)C)N(C)C)cc3)cc3c(c12)[C@H](CCl)CN3C(=O)c1cn2cc(NC(=O)c3ccc(O)cc3)ccc2n1. The number of likely N-dealkylation sites (tertiary alicyclic amines) is 1. The Morgan fingerprint density at radius 2 is 1.55 bits per heavy atom. The summed E-state index contributed by atoms with van der Waals surface area (Å²) in [6, 6.07) is 21.9. The number of nitrogens with one attached hydrogen (secondary N) is 3. The topological polar surface area (TPSA) is 254 Å². The van der Waals surface area contributed by atoms with E-state index in [1.54, 1.807) is 71.1 Å². The minimum absolute atomic E-state index is 0.00934. The fourth-order valence-corrected chi connectivity index (χ4v) is 11.0. The van der Waals surface area contributed by atoms with Crippen molar-refractivity contribution in [3.8, 4) is 11.5 Å². The fraction of sp³-hybridized carbons (Fsp3) is 0.413. The molecule has 22 nitrogen and oxygen atoms in total. The number of aryl methyl sites for hydroxylation is 1. The number of rotatable bonds is 22. The normalized spacial score (nSPS) is 15.7. The molecule has 23 heteroatoms. The third-order valence-electron chi connectivity index (χ3n) is 15.5. The molecule has 2 aromatic heterocycles. The van der Waals surface area contributed by atoms with Crippen molar-refractivity contribution in [3.63, 3.8) is 0 Å². The molecule has 0 aliphatic carbocycles. The van der Waals surface area contributed by atoms with Gasteiger partial charge in [0.2, 0.25) is 23.6 Å². The number of anilines is 3. The monoisotopic (exact) mass is 1200 g/mol. The van der Waals surface area contributed by atoms with Crippen LogP contribution in [0, 0.1) is 24.2 Å². The van der Waals surface area contributed by atoms with Crippen molar-refractivity contribution in [1.82, 2.24) is 34.3 Å². The highest BCUT2D eigenvalue weighted by molar-refractivity contribution is 6.19. The highest BCUT2D eigenvalue weighted by Gasteiger charge is 2.44. The minimum atomic E-state index is -0.806. The molecule has 1 unspecified atom stereocenters. The summed E-state index contributed by atoms with van der Waals surface area (Å²) >= 11 is 6.68. The number of hydrogen-bond acceptors (Lipinski definition) is 14. The molecule has 0 saturated carbocycles. The summed E-state index contributed by atoms with van der Waals surface area (Å²) in [6.07, 6.45) is 1.82. The van der Waals surface area contributed by atoms with E-state index < -0.39 is 53.3 Å². The number of aromatic nitrogens is 2. The van der Waals surface area contributed by atoms with Crippen molar-refractivity contribution in [1.29, 1.82) is 0 Å². The standard InChI is InChI=1S/C63H75ClN10O12/c1-37(2)55(69(8)9)58(79)65-39(4)56(77)66-43-18-14-40(15-19-43)36-85-61(82)70(10)24-25-71(26-28-84-29-27-73-52(76)30-47(59(73)80)63(5,6)7)62(83)86-50-31-49-54(53-38(3)12-11-13-46(50)53)42(32-64)33-74(49)60(81)48-35-72-34-44(20-23-51(72)68-48)67-57(78)41-16-21-45(75)22-17-41/h11-23,31,34-35,37,39,42,47,55,75H,24-30,32-33,36H2,1-10H3,(H,65,79)(H,66,77)(H,67,78)/t39-,42+,47?,55-/m0/s1. The maximum Gasteiger partial charge on any atom is 0.415 e. The number of imidazole rings is 1. The first-order chi connectivity index (χ1) is 40.8. The number of hydrogen-bond donors (Lipinski definition) is 4. The first-order valence-electron chi connectivity index (χ1n) is 28.5. The van der Waals surface area contributed by atoms with Crippen LogP contribution >= 0.6 is 11.6 Å². The number of carbonyl (C=O) groups excluding carboxylic acids is 8. The van der Waals surface area contributed by atoms with Gasteiger partial charge in [-0.3, -0.25) is 38.6 Å². The Bertz CT molecular complexity index is 3520. The number of halogens is 1. The van der Waals surface area contributed by atoms with E-state index in [1.165, 1.54) is 46.0 Å². The zero-order chi connectivity index (χ0) is 62.3. The summed E-state index contributed by atoms with van der Waals surface area (Å²) in [6.45, 7) is 13.1. The number of fused-ring (bicyclic) bond motifs is 4. The lowest BCUT2D eigenvalue weighted by Crippen LogP contribution is -2.51. The number of alkyl halides is 1. The molecule has 0 spiro atoms. The van der Waals surface area contributed by atoms with Gasteiger partial charge in [0, 0.05) is 86.5 Å². The van der Waals surface area contributed by atoms with E-state index in [9.17, 15) is 43.5 Å². The van der Waals surface area contributed by atoms with Crippen molar-refractivity contribution < 1.29 is 57.7 Å². The Labute approximate surface area is 504 Å². The summed E-state index contributed by atoms with van der Waals surface area (Å²) in [5.74, 6) is -2.42. The van der Waals surface area contributed by atoms with Crippen molar-refractivity contribution >= 4 is 92.7 Å². The first-order valence-corrected chi connectivity index (χ1v) is 29.0. The molecule has 4 atom stereocenters. The lowest BCUT2D eigenvalue weighted by atomic mass is 9.80. The Hall–Kier alpha value is -8.60. The largest absolute Gasteiger partial charge is 0.508 e. The Kier molecular flexibility index (Phi) is 20.0. The molecule has 8 amide bonds. The molecule has 6 aromatic rings. The van der Waals surface area contributed by atoms with Crippen LogP contribution < -0.4 is 25.6 Å². The number of likely N-dealkylation sites (N-methyl/N-ethyl adjacent to an activating group) is 2. The van der Waals surface area contributed by atoms with Gasteiger partial charge in [0.25, 0.3) is 11.8 Å². The van der Waals surface area contributed by atoms with Crippen LogP contribution in [0.4, 0.5) is 26.7 Å². The number of amides is 8. The van der Waals surface area contributed by atoms with Gasteiger partial charge < -0.3 is 54.4 Å². The molecule has 456 valence electrons. The van der Waals surface area contributed by atoms with Crippen molar-refractivity contribution in [3.05, 3.63) is 125 Å². The molecular weight excluding hydrogens is 1120 g/mol. The lowest BCUT2D eigenvalue weighted by Gasteiger charge is -2.28. The van der Waals surface area contributed by atoms with Gasteiger partial charge >= 0.3 is 12.2 Å². The summed E-state index contributed by atoms with van der Waals surface area (Å²) in [5.41, 5.74) is 4.13. The fourth-order valence-electron chi connectivity index (χ4n) is 10.7. The molecule has 0 bridgehead atoms. The molecule has 4 aromatic carbocycles. The molecular formula is C63H75ClN10O12. The second-order valence-electron chi connectivity index (χ2n) is 23.4. The molecule has 4 N–H and O–H groups in total. The van der Waals surface area contributed by atoms with Crippen LogP contribution in [0.3, 0.4) is 0 Å². The summed E-state index contributed by atoms with van der Waals surface area (Å²) in [7, 11) is 5.14. The van der Waals surface area contributed by atoms with E-state index in [1.807, 2.05) is 78.7 Å². The Morgan fingerprint density at radius 3 is 2.21 bits per heavy atom. The van der Waals surface area contributed by atoms with E-state index in [-0.39, 0.29) is 112 Å². The van der Waals surface area contributed by atoms with E-state index in [4.69, 9.17) is 25.8 Å². The van der Waals surface area contributed by atoms with Gasteiger partial charge in [-0.2, -0.15) is 0 Å². The van der Waals surface area contributed by atoms with E-state index in [0.29, 0.717) is 39.2 Å². The maximum absolute atomic E-state index is 14.7. The first kappa shape index (κ1) is 63.4. The quantitative estimate of drug-likeness (QED) is 0.0284. The zero-order valence-corrected chi connectivity index (χ0v) is 50.9. The predicted octanol–water partition coefficient (Wildman–Crippen LogP) is 8.27. The number of phenols is 1. The summed E-state index contributed by atoms with van der Waals surface area (Å²) in [4.78, 5) is 120. The van der Waals surface area contributed by atoms with Crippen molar-refractivity contribution in [2.24, 2.45) is 17.3 Å². The number of phenolic OH excluding ortho intramolecular Hbond substituents is 1. The van der Waals surface area contributed by atoms with E-state index in [2.05, 4.69) is 20.9 Å². The van der Waals surface area contributed by atoms with E-state index in [0.717, 1.165) is 16.5 Å². The molecule has 2 aliphatic heterocycles. The third-order valence-corrected chi connectivity index (χ3v) is 15.8. The van der Waals surface area contributed by atoms with Gasteiger partial charge in [-0.25, -0.2) is 14.6 Å². The average molecular weight is 1200 g/mol. The highest BCUT2D eigenvalue weighted by Crippen LogP contribution is 2.47. The smallest absolute Gasteiger partial charge is 0.415 e. The van der Waals surface area contributed by atoms with Crippen LogP contribution in [0.15, 0.2) is 97.3 Å². The molecule has 4 heterocycles. The van der Waals surface area contributed by atoms with Crippen molar-refractivity contribution in [2.75, 3.05) is 88.5 Å². The van der Waals surface area contributed by atoms with Gasteiger partial charge in [-0.05, 0) is 110 Å². The van der Waals surface area contributed by atoms with Crippen LogP contribution in [0.1, 0.15) is 91.4 Å². The van der Waals surface area contributed by atoms with Gasteiger partial charge in [-0.1, -0.05) is 65.0 Å². The minimum Gasteiger partial charge on any atom is -0.508 e. The Morgan fingerprint density at radius 1 is 0.837 bits per heavy atom. The zero-order valence-electron chi connectivity index (χ0n) is 50.1. The molecule has 1 saturated heterocycles. The van der Waals surface area contributed by atoms with Crippen LogP contribution in [-0.4, -0.2) is 167 Å². The third kappa shape index (κ3) is 14.7. The van der Waals surface area contributed by atoms with Gasteiger partial charge in [0.1, 0.15) is 35.5 Å². The molecule has 8 rings (SSSR count). The highest BCUT2D eigenvalue weighted by atomic mass is 35.5. The van der Waals surface area contributed by atoms with Gasteiger partial charge in [0.15, 0.2) is 0 Å². The molecule has 0 radical (unpaired) electrons.